The average Bonchev–Trinajstić information content (AvgIpc) is 2.78. The van der Waals surface area contributed by atoms with Gasteiger partial charge in [-0.15, -0.1) is 0 Å². The van der Waals surface area contributed by atoms with Crippen molar-refractivity contribution in [3.05, 3.63) is 33.8 Å². The highest BCUT2D eigenvalue weighted by Gasteiger charge is 2.16. The van der Waals surface area contributed by atoms with E-state index in [1.54, 1.807) is 39.3 Å². The predicted molar refractivity (Wildman–Crippen MR) is 86.4 cm³/mol. The molecule has 2 rings (SSSR count). The van der Waals surface area contributed by atoms with Crippen LogP contribution in [0.1, 0.15) is 6.42 Å². The fourth-order valence-corrected chi connectivity index (χ4v) is 2.24. The molecule has 0 bridgehead atoms. The van der Waals surface area contributed by atoms with Crippen LogP contribution in [0.5, 0.6) is 0 Å². The molecule has 124 valence electrons. The lowest BCUT2D eigenvalue weighted by molar-refractivity contribution is -0.138. The molecule has 1 heterocycles. The molecule has 23 heavy (non-hydrogen) atoms. The van der Waals surface area contributed by atoms with Crippen LogP contribution < -0.4 is 5.76 Å². The third kappa shape index (κ3) is 3.92. The number of carbonyl (C=O) groups is 2. The van der Waals surface area contributed by atoms with E-state index in [4.69, 9.17) is 16.0 Å². The van der Waals surface area contributed by atoms with E-state index in [0.29, 0.717) is 16.1 Å². The van der Waals surface area contributed by atoms with Crippen LogP contribution in [0.3, 0.4) is 0 Å². The summed E-state index contributed by atoms with van der Waals surface area (Å²) in [5, 5.41) is 0.469. The maximum Gasteiger partial charge on any atom is 0.419 e. The number of aryl methyl sites for hydroxylation is 1. The summed E-state index contributed by atoms with van der Waals surface area (Å²) < 4.78 is 6.49. The van der Waals surface area contributed by atoms with Gasteiger partial charge in [0.25, 0.3) is 0 Å². The van der Waals surface area contributed by atoms with Gasteiger partial charge in [-0.3, -0.25) is 14.2 Å². The second-order valence-corrected chi connectivity index (χ2v) is 5.86. The Labute approximate surface area is 138 Å². The lowest BCUT2D eigenvalue weighted by Gasteiger charge is -2.19. The van der Waals surface area contributed by atoms with Crippen LogP contribution >= 0.6 is 11.6 Å². The van der Waals surface area contributed by atoms with E-state index < -0.39 is 5.76 Å². The van der Waals surface area contributed by atoms with Crippen molar-refractivity contribution >= 4 is 34.5 Å². The van der Waals surface area contributed by atoms with Gasteiger partial charge in [-0.1, -0.05) is 11.6 Å². The van der Waals surface area contributed by atoms with Gasteiger partial charge in [0.1, 0.15) is 0 Å². The van der Waals surface area contributed by atoms with Crippen LogP contribution in [-0.4, -0.2) is 53.9 Å². The Morgan fingerprint density at radius 1 is 1.22 bits per heavy atom. The van der Waals surface area contributed by atoms with E-state index in [2.05, 4.69) is 0 Å². The molecule has 7 nitrogen and oxygen atoms in total. The topological polar surface area (TPSA) is 75.8 Å². The zero-order chi connectivity index (χ0) is 17.1. The molecule has 2 aromatic rings. The van der Waals surface area contributed by atoms with Crippen molar-refractivity contribution in [2.24, 2.45) is 0 Å². The number of benzene rings is 1. The molecule has 0 aliphatic rings. The van der Waals surface area contributed by atoms with Gasteiger partial charge in [0, 0.05) is 45.2 Å². The standard InChI is InChI=1S/C15H18ClN3O4/c1-17(2)14(21)9-18(3)13(20)6-7-19-11-5-4-10(16)8-12(11)23-15(19)22/h4-5,8H,6-7,9H2,1-3H3. The summed E-state index contributed by atoms with van der Waals surface area (Å²) in [6.07, 6.45) is 0.0916. The summed E-state index contributed by atoms with van der Waals surface area (Å²) in [4.78, 5) is 38.3. The average molecular weight is 340 g/mol. The number of halogens is 1. The first kappa shape index (κ1) is 17.1. The molecule has 0 aliphatic carbocycles. The number of rotatable bonds is 5. The molecule has 0 fully saturated rings. The van der Waals surface area contributed by atoms with E-state index in [0.717, 1.165) is 0 Å². The largest absolute Gasteiger partial charge is 0.419 e. The Balaban J connectivity index is 2.06. The van der Waals surface area contributed by atoms with Gasteiger partial charge in [-0.25, -0.2) is 4.79 Å². The van der Waals surface area contributed by atoms with Crippen LogP contribution in [0.15, 0.2) is 27.4 Å². The predicted octanol–water partition coefficient (Wildman–Crippen LogP) is 1.18. The quantitative estimate of drug-likeness (QED) is 0.820. The van der Waals surface area contributed by atoms with Gasteiger partial charge < -0.3 is 14.2 Å². The van der Waals surface area contributed by atoms with E-state index in [1.165, 1.54) is 14.4 Å². The smallest absolute Gasteiger partial charge is 0.408 e. The van der Waals surface area contributed by atoms with Crippen molar-refractivity contribution in [1.29, 1.82) is 0 Å². The van der Waals surface area contributed by atoms with Crippen molar-refractivity contribution in [3.63, 3.8) is 0 Å². The molecule has 1 aromatic heterocycles. The van der Waals surface area contributed by atoms with Crippen LogP contribution in [0.2, 0.25) is 5.02 Å². The molecule has 0 saturated heterocycles. The molecular formula is C15H18ClN3O4. The molecule has 0 atom stereocenters. The number of nitrogens with zero attached hydrogens (tertiary/aromatic N) is 3. The van der Waals surface area contributed by atoms with Crippen molar-refractivity contribution in [2.45, 2.75) is 13.0 Å². The van der Waals surface area contributed by atoms with E-state index in [9.17, 15) is 14.4 Å². The highest BCUT2D eigenvalue weighted by Crippen LogP contribution is 2.18. The highest BCUT2D eigenvalue weighted by atomic mass is 35.5. The minimum absolute atomic E-state index is 0.00246. The van der Waals surface area contributed by atoms with Gasteiger partial charge in [0.05, 0.1) is 12.1 Å². The van der Waals surface area contributed by atoms with Crippen molar-refractivity contribution in [2.75, 3.05) is 27.7 Å². The molecular weight excluding hydrogens is 322 g/mol. The van der Waals surface area contributed by atoms with Gasteiger partial charge in [0.2, 0.25) is 11.8 Å². The van der Waals surface area contributed by atoms with Crippen molar-refractivity contribution < 1.29 is 14.0 Å². The summed E-state index contributed by atoms with van der Waals surface area (Å²) in [6, 6.07) is 4.88. The fourth-order valence-electron chi connectivity index (χ4n) is 2.08. The van der Waals surface area contributed by atoms with Crippen LogP contribution in [0.25, 0.3) is 11.1 Å². The van der Waals surface area contributed by atoms with E-state index >= 15 is 0 Å². The van der Waals surface area contributed by atoms with Gasteiger partial charge in [-0.2, -0.15) is 0 Å². The van der Waals surface area contributed by atoms with Crippen LogP contribution in [0.4, 0.5) is 0 Å². The van der Waals surface area contributed by atoms with Gasteiger partial charge in [0.15, 0.2) is 5.58 Å². The van der Waals surface area contributed by atoms with Gasteiger partial charge >= 0.3 is 5.76 Å². The minimum Gasteiger partial charge on any atom is -0.408 e. The Morgan fingerprint density at radius 2 is 1.91 bits per heavy atom. The van der Waals surface area contributed by atoms with E-state index in [1.807, 2.05) is 0 Å². The van der Waals surface area contributed by atoms with Crippen LogP contribution in [-0.2, 0) is 16.1 Å². The fraction of sp³-hybridized carbons (Fsp3) is 0.400. The zero-order valence-corrected chi connectivity index (χ0v) is 14.0. The Bertz CT molecular complexity index is 794. The first-order valence-corrected chi connectivity index (χ1v) is 7.40. The van der Waals surface area contributed by atoms with Gasteiger partial charge in [-0.05, 0) is 12.1 Å². The summed E-state index contributed by atoms with van der Waals surface area (Å²) in [6.45, 7) is 0.176. The number of likely N-dealkylation sites (N-methyl/N-ethyl adjacent to an activating group) is 2. The maximum absolute atomic E-state index is 12.1. The molecule has 0 saturated carbocycles. The molecule has 0 N–H and O–H groups in total. The number of fused-ring (bicyclic) bond motifs is 1. The van der Waals surface area contributed by atoms with Crippen LogP contribution in [0, 0.1) is 0 Å². The number of amides is 2. The molecule has 1 aromatic carbocycles. The first-order chi connectivity index (χ1) is 10.8. The summed E-state index contributed by atoms with van der Waals surface area (Å²) >= 11 is 5.86. The number of oxazole rings is 1. The normalized spacial score (nSPS) is 10.8. The maximum atomic E-state index is 12.1. The number of carbonyl (C=O) groups excluding carboxylic acids is 2. The lowest BCUT2D eigenvalue weighted by atomic mass is 10.3. The van der Waals surface area contributed by atoms with E-state index in [-0.39, 0.29) is 31.3 Å². The Morgan fingerprint density at radius 3 is 2.57 bits per heavy atom. The second kappa shape index (κ2) is 6.87. The number of hydrogen-bond donors (Lipinski definition) is 0. The number of hydrogen-bond acceptors (Lipinski definition) is 4. The molecule has 8 heteroatoms. The molecule has 2 amide bonds. The third-order valence-electron chi connectivity index (χ3n) is 3.48. The molecule has 0 unspecified atom stereocenters. The zero-order valence-electron chi connectivity index (χ0n) is 13.2. The summed E-state index contributed by atoms with van der Waals surface area (Å²) in [5.74, 6) is -0.932. The highest BCUT2D eigenvalue weighted by molar-refractivity contribution is 6.31. The molecule has 0 aliphatic heterocycles. The number of aromatic nitrogens is 1. The lowest BCUT2D eigenvalue weighted by Crippen LogP contribution is -2.38. The Hall–Kier alpha value is -2.28. The SMILES string of the molecule is CN(C)C(=O)CN(C)C(=O)CCn1c(=O)oc2cc(Cl)ccc21. The van der Waals surface area contributed by atoms with Crippen molar-refractivity contribution in [3.8, 4) is 0 Å². The summed E-state index contributed by atoms with van der Waals surface area (Å²) in [5.41, 5.74) is 0.963. The Kier molecular flexibility index (Phi) is 5.10. The molecule has 0 radical (unpaired) electrons. The first-order valence-electron chi connectivity index (χ1n) is 7.02. The molecule has 0 spiro atoms. The monoisotopic (exact) mass is 339 g/mol. The summed E-state index contributed by atoms with van der Waals surface area (Å²) in [7, 11) is 4.81. The van der Waals surface area contributed by atoms with Crippen molar-refractivity contribution in [1.82, 2.24) is 14.4 Å². The second-order valence-electron chi connectivity index (χ2n) is 5.42. The third-order valence-corrected chi connectivity index (χ3v) is 3.71. The minimum atomic E-state index is -0.540.